The van der Waals surface area contributed by atoms with Crippen molar-refractivity contribution in [1.82, 2.24) is 9.80 Å². The van der Waals surface area contributed by atoms with E-state index in [0.29, 0.717) is 11.9 Å². The fourth-order valence-corrected chi connectivity index (χ4v) is 2.71. The summed E-state index contributed by atoms with van der Waals surface area (Å²) < 4.78 is 0. The topological polar surface area (TPSA) is 43.8 Å². The Kier molecular flexibility index (Phi) is 3.50. The molecule has 0 aromatic heterocycles. The first-order valence-electron chi connectivity index (χ1n) is 6.19. The third-order valence-electron chi connectivity index (χ3n) is 4.07. The van der Waals surface area contributed by atoms with Gasteiger partial charge in [-0.15, -0.1) is 0 Å². The second-order valence-corrected chi connectivity index (χ2v) is 5.34. The van der Waals surface area contributed by atoms with Crippen LogP contribution in [-0.4, -0.2) is 60.6 Å². The van der Waals surface area contributed by atoms with E-state index in [1.54, 1.807) is 0 Å². The van der Waals surface area contributed by atoms with Crippen molar-refractivity contribution in [2.45, 2.75) is 25.3 Å². The summed E-state index contributed by atoms with van der Waals surface area (Å²) in [5.41, 5.74) is 0. The van der Waals surface area contributed by atoms with E-state index in [1.807, 2.05) is 19.0 Å². The fourth-order valence-electron chi connectivity index (χ4n) is 2.71. The number of aliphatic hydroxyl groups is 1. The largest absolute Gasteiger partial charge is 0.396 e. The molecule has 4 nitrogen and oxygen atoms in total. The van der Waals surface area contributed by atoms with Gasteiger partial charge in [-0.2, -0.15) is 0 Å². The van der Waals surface area contributed by atoms with Gasteiger partial charge in [-0.1, -0.05) is 6.42 Å². The molecule has 92 valence electrons. The Morgan fingerprint density at radius 2 is 2.06 bits per heavy atom. The van der Waals surface area contributed by atoms with E-state index in [-0.39, 0.29) is 18.4 Å². The standard InChI is InChI=1S/C12H22N2O2/c1-13(2)11-7-14(6-10(11)8-15)12(16)9-4-3-5-9/h9-11,15H,3-8H2,1-2H3/t10-,11+/m0/s1. The molecule has 0 unspecified atom stereocenters. The number of carbonyl (C=O) groups is 1. The molecule has 16 heavy (non-hydrogen) atoms. The number of likely N-dealkylation sites (N-methyl/N-ethyl adjacent to an activating group) is 1. The van der Waals surface area contributed by atoms with Crippen LogP contribution in [0.15, 0.2) is 0 Å². The van der Waals surface area contributed by atoms with Crippen molar-refractivity contribution in [3.63, 3.8) is 0 Å². The van der Waals surface area contributed by atoms with Crippen LogP contribution in [0.2, 0.25) is 0 Å². The van der Waals surface area contributed by atoms with Crippen LogP contribution >= 0.6 is 0 Å². The van der Waals surface area contributed by atoms with Crippen LogP contribution in [0.4, 0.5) is 0 Å². The van der Waals surface area contributed by atoms with Gasteiger partial charge in [-0.05, 0) is 26.9 Å². The molecule has 0 aromatic carbocycles. The van der Waals surface area contributed by atoms with Gasteiger partial charge >= 0.3 is 0 Å². The summed E-state index contributed by atoms with van der Waals surface area (Å²) >= 11 is 0. The van der Waals surface area contributed by atoms with Crippen LogP contribution in [0.1, 0.15) is 19.3 Å². The normalized spacial score (nSPS) is 30.9. The zero-order valence-electron chi connectivity index (χ0n) is 10.2. The van der Waals surface area contributed by atoms with Gasteiger partial charge in [0, 0.05) is 37.6 Å². The first kappa shape index (κ1) is 11.9. The molecule has 1 saturated heterocycles. The van der Waals surface area contributed by atoms with Gasteiger partial charge in [-0.25, -0.2) is 0 Å². The zero-order chi connectivity index (χ0) is 11.7. The summed E-state index contributed by atoms with van der Waals surface area (Å²) in [6.45, 7) is 1.69. The molecule has 2 atom stereocenters. The van der Waals surface area contributed by atoms with Gasteiger partial charge in [0.2, 0.25) is 5.91 Å². The number of rotatable bonds is 3. The average molecular weight is 226 g/mol. The van der Waals surface area contributed by atoms with Crippen molar-refractivity contribution in [3.8, 4) is 0 Å². The Hall–Kier alpha value is -0.610. The average Bonchev–Trinajstić information content (AvgIpc) is 2.58. The third-order valence-corrected chi connectivity index (χ3v) is 4.07. The molecule has 0 spiro atoms. The number of likely N-dealkylation sites (tertiary alicyclic amines) is 1. The number of hydrogen-bond acceptors (Lipinski definition) is 3. The minimum Gasteiger partial charge on any atom is -0.396 e. The van der Waals surface area contributed by atoms with Crippen LogP contribution in [0.25, 0.3) is 0 Å². The Morgan fingerprint density at radius 1 is 1.38 bits per heavy atom. The minimum absolute atomic E-state index is 0.178. The molecule has 1 heterocycles. The number of hydrogen-bond donors (Lipinski definition) is 1. The molecule has 0 radical (unpaired) electrons. The molecule has 1 saturated carbocycles. The molecule has 1 amide bonds. The molecule has 1 aliphatic heterocycles. The maximum absolute atomic E-state index is 12.1. The molecule has 4 heteroatoms. The molecule has 2 rings (SSSR count). The molecular formula is C12H22N2O2. The van der Waals surface area contributed by atoms with Crippen LogP contribution in [0.3, 0.4) is 0 Å². The summed E-state index contributed by atoms with van der Waals surface area (Å²) in [7, 11) is 4.04. The third kappa shape index (κ3) is 2.09. The van der Waals surface area contributed by atoms with Crippen molar-refractivity contribution >= 4 is 5.91 Å². The van der Waals surface area contributed by atoms with Crippen LogP contribution in [0, 0.1) is 11.8 Å². The number of aliphatic hydroxyl groups excluding tert-OH is 1. The van der Waals surface area contributed by atoms with E-state index >= 15 is 0 Å². The molecule has 1 aliphatic carbocycles. The van der Waals surface area contributed by atoms with E-state index in [9.17, 15) is 9.90 Å². The summed E-state index contributed by atoms with van der Waals surface area (Å²) in [6, 6.07) is 0.314. The quantitative estimate of drug-likeness (QED) is 0.746. The van der Waals surface area contributed by atoms with Gasteiger partial charge < -0.3 is 14.9 Å². The monoisotopic (exact) mass is 226 g/mol. The van der Waals surface area contributed by atoms with Crippen molar-refractivity contribution in [3.05, 3.63) is 0 Å². The summed E-state index contributed by atoms with van der Waals surface area (Å²) in [4.78, 5) is 16.2. The van der Waals surface area contributed by atoms with Crippen LogP contribution < -0.4 is 0 Å². The van der Waals surface area contributed by atoms with Crippen molar-refractivity contribution < 1.29 is 9.90 Å². The molecule has 2 aliphatic rings. The van der Waals surface area contributed by atoms with Gasteiger partial charge in [0.05, 0.1) is 0 Å². The Labute approximate surface area is 97.2 Å². The minimum atomic E-state index is 0.178. The first-order chi connectivity index (χ1) is 7.63. The molecule has 0 bridgehead atoms. The van der Waals surface area contributed by atoms with E-state index in [4.69, 9.17) is 0 Å². The first-order valence-corrected chi connectivity index (χ1v) is 6.19. The van der Waals surface area contributed by atoms with Gasteiger partial charge in [-0.3, -0.25) is 4.79 Å². The highest BCUT2D eigenvalue weighted by molar-refractivity contribution is 5.80. The summed E-state index contributed by atoms with van der Waals surface area (Å²) in [5, 5.41) is 9.33. The summed E-state index contributed by atoms with van der Waals surface area (Å²) in [5.74, 6) is 0.813. The predicted octanol–water partition coefficient (Wildman–Crippen LogP) is 0.167. The van der Waals surface area contributed by atoms with Crippen molar-refractivity contribution in [2.75, 3.05) is 33.8 Å². The fraction of sp³-hybridized carbons (Fsp3) is 0.917. The Bertz CT molecular complexity index is 264. The van der Waals surface area contributed by atoms with Crippen LogP contribution in [0.5, 0.6) is 0 Å². The van der Waals surface area contributed by atoms with Crippen molar-refractivity contribution in [2.24, 2.45) is 11.8 Å². The SMILES string of the molecule is CN(C)[C@@H]1CN(C(=O)C2CCC2)C[C@H]1CO. The zero-order valence-corrected chi connectivity index (χ0v) is 10.2. The second-order valence-electron chi connectivity index (χ2n) is 5.34. The Balaban J connectivity index is 1.95. The smallest absolute Gasteiger partial charge is 0.225 e. The highest BCUT2D eigenvalue weighted by Gasteiger charge is 2.39. The van der Waals surface area contributed by atoms with E-state index < -0.39 is 0 Å². The highest BCUT2D eigenvalue weighted by atomic mass is 16.3. The predicted molar refractivity (Wildman–Crippen MR) is 62.0 cm³/mol. The van der Waals surface area contributed by atoms with E-state index in [2.05, 4.69) is 4.90 Å². The van der Waals surface area contributed by atoms with Gasteiger partial charge in [0.25, 0.3) is 0 Å². The lowest BCUT2D eigenvalue weighted by atomic mass is 9.84. The lowest BCUT2D eigenvalue weighted by Crippen LogP contribution is -2.40. The molecule has 2 fully saturated rings. The van der Waals surface area contributed by atoms with Gasteiger partial charge in [0.15, 0.2) is 0 Å². The lowest BCUT2D eigenvalue weighted by Gasteiger charge is -2.29. The van der Waals surface area contributed by atoms with E-state index in [0.717, 1.165) is 25.9 Å². The number of nitrogens with zero attached hydrogens (tertiary/aromatic N) is 2. The molecule has 1 N–H and O–H groups in total. The Morgan fingerprint density at radius 3 is 2.44 bits per heavy atom. The maximum atomic E-state index is 12.1. The second kappa shape index (κ2) is 4.72. The van der Waals surface area contributed by atoms with Crippen LogP contribution in [-0.2, 0) is 4.79 Å². The van der Waals surface area contributed by atoms with E-state index in [1.165, 1.54) is 6.42 Å². The van der Waals surface area contributed by atoms with Crippen molar-refractivity contribution in [1.29, 1.82) is 0 Å². The molecule has 0 aromatic rings. The van der Waals surface area contributed by atoms with Gasteiger partial charge in [0.1, 0.15) is 0 Å². The lowest BCUT2D eigenvalue weighted by molar-refractivity contribution is -0.137. The maximum Gasteiger partial charge on any atom is 0.225 e. The number of carbonyl (C=O) groups excluding carboxylic acids is 1. The summed E-state index contributed by atoms with van der Waals surface area (Å²) in [6.07, 6.45) is 3.32. The highest BCUT2D eigenvalue weighted by Crippen LogP contribution is 2.31. The molecular weight excluding hydrogens is 204 g/mol. The number of amides is 1.